The molecule has 0 saturated carbocycles. The van der Waals surface area contributed by atoms with E-state index in [1.165, 1.54) is 66.8 Å². The van der Waals surface area contributed by atoms with Gasteiger partial charge in [0, 0.05) is 0 Å². The predicted octanol–water partition coefficient (Wildman–Crippen LogP) is 7.26. The normalized spacial score (nSPS) is 14.5. The Morgan fingerprint density at radius 3 is 1.24 bits per heavy atom. The van der Waals surface area contributed by atoms with Gasteiger partial charge >= 0.3 is 0 Å². The maximum Gasteiger partial charge on any atom is 0.0725 e. The lowest BCUT2D eigenvalue weighted by atomic mass is 9.70. The van der Waals surface area contributed by atoms with Crippen molar-refractivity contribution in [2.24, 2.45) is 0 Å². The highest BCUT2D eigenvalue weighted by Gasteiger charge is 2.51. The Morgan fingerprint density at radius 1 is 0.414 bits per heavy atom. The first kappa shape index (κ1) is 16.8. The quantitative estimate of drug-likeness (QED) is 0.263. The number of hydrogen-bond acceptors (Lipinski definition) is 0. The zero-order valence-electron chi connectivity index (χ0n) is 17.4. The van der Waals surface area contributed by atoms with Crippen LogP contribution >= 0.6 is 0 Å². The zero-order chi connectivity index (χ0) is 19.9. The minimum absolute atomic E-state index is 0.214. The first-order valence-corrected chi connectivity index (χ1v) is 10.5. The molecule has 0 N–H and O–H groups in total. The van der Waals surface area contributed by atoms with E-state index >= 15 is 0 Å². The molecule has 0 fully saturated rings. The molecule has 0 aliphatic heterocycles. The average Bonchev–Trinajstić information content (AvgIpc) is 3.16. The van der Waals surface area contributed by atoms with Crippen LogP contribution in [0.4, 0.5) is 0 Å². The second-order valence-corrected chi connectivity index (χ2v) is 8.81. The zero-order valence-corrected chi connectivity index (χ0v) is 17.4. The highest BCUT2D eigenvalue weighted by Crippen LogP contribution is 2.63. The summed E-state index contributed by atoms with van der Waals surface area (Å²) in [6.45, 7) is 8.96. The van der Waals surface area contributed by atoms with Crippen molar-refractivity contribution in [3.05, 3.63) is 117 Å². The molecule has 0 amide bonds. The Morgan fingerprint density at radius 2 is 0.793 bits per heavy atom. The van der Waals surface area contributed by atoms with Gasteiger partial charge in [0.25, 0.3) is 0 Å². The van der Waals surface area contributed by atoms with Crippen LogP contribution in [0, 0.1) is 27.7 Å². The minimum atomic E-state index is -0.214. The van der Waals surface area contributed by atoms with Crippen LogP contribution in [0.3, 0.4) is 0 Å². The molecule has 0 atom stereocenters. The van der Waals surface area contributed by atoms with Crippen LogP contribution in [-0.4, -0.2) is 0 Å². The molecule has 1 spiro atoms. The van der Waals surface area contributed by atoms with Crippen LogP contribution in [0.1, 0.15) is 44.5 Å². The van der Waals surface area contributed by atoms with Crippen molar-refractivity contribution in [1.82, 2.24) is 0 Å². The van der Waals surface area contributed by atoms with Crippen molar-refractivity contribution in [3.63, 3.8) is 0 Å². The van der Waals surface area contributed by atoms with Crippen LogP contribution < -0.4 is 0 Å². The van der Waals surface area contributed by atoms with Crippen molar-refractivity contribution >= 4 is 0 Å². The van der Waals surface area contributed by atoms with E-state index in [0.29, 0.717) is 0 Å². The molecule has 0 bridgehead atoms. The molecule has 6 rings (SSSR count). The molecule has 0 nitrogen and oxygen atoms in total. The Hall–Kier alpha value is -3.12. The van der Waals surface area contributed by atoms with E-state index < -0.39 is 0 Å². The maximum atomic E-state index is 2.45. The van der Waals surface area contributed by atoms with E-state index in [4.69, 9.17) is 0 Å². The molecule has 0 radical (unpaired) electrons. The Kier molecular flexibility index (Phi) is 3.17. The number of fused-ring (bicyclic) bond motifs is 10. The minimum Gasteiger partial charge on any atom is -0.0619 e. The second-order valence-electron chi connectivity index (χ2n) is 8.81. The topological polar surface area (TPSA) is 0 Å². The Bertz CT molecular complexity index is 1230. The molecule has 0 heteroatoms. The highest BCUT2D eigenvalue weighted by molar-refractivity contribution is 5.95. The SMILES string of the molecule is Cc1cc2c(cc1C)C1(c3ccccc3-c3ccccc31)c1cc(C)c(C)cc1-2. The molecule has 140 valence electrons. The van der Waals surface area contributed by atoms with Gasteiger partial charge in [-0.1, -0.05) is 72.8 Å². The Balaban J connectivity index is 1.88. The molecule has 4 aromatic carbocycles. The van der Waals surface area contributed by atoms with E-state index in [1.54, 1.807) is 0 Å². The molecule has 0 aromatic heterocycles. The largest absolute Gasteiger partial charge is 0.0725 e. The van der Waals surface area contributed by atoms with Gasteiger partial charge in [-0.2, -0.15) is 0 Å². The van der Waals surface area contributed by atoms with E-state index in [9.17, 15) is 0 Å². The summed E-state index contributed by atoms with van der Waals surface area (Å²) in [4.78, 5) is 0. The van der Waals surface area contributed by atoms with Crippen LogP contribution in [0.5, 0.6) is 0 Å². The molecule has 29 heavy (non-hydrogen) atoms. The smallest absolute Gasteiger partial charge is 0.0619 e. The third kappa shape index (κ3) is 1.90. The van der Waals surface area contributed by atoms with Gasteiger partial charge in [0.05, 0.1) is 5.41 Å². The third-order valence-electron chi connectivity index (χ3n) is 7.32. The average molecular weight is 373 g/mol. The summed E-state index contributed by atoms with van der Waals surface area (Å²) < 4.78 is 0. The molecular weight excluding hydrogens is 348 g/mol. The summed E-state index contributed by atoms with van der Waals surface area (Å²) in [5.74, 6) is 0. The van der Waals surface area contributed by atoms with Gasteiger partial charge in [0.2, 0.25) is 0 Å². The molecule has 4 aromatic rings. The van der Waals surface area contributed by atoms with Gasteiger partial charge in [-0.05, 0) is 94.5 Å². The summed E-state index contributed by atoms with van der Waals surface area (Å²) in [7, 11) is 0. The lowest BCUT2D eigenvalue weighted by Crippen LogP contribution is -2.26. The van der Waals surface area contributed by atoms with E-state index in [0.717, 1.165) is 0 Å². The molecular formula is C29H24. The van der Waals surface area contributed by atoms with Crippen LogP contribution in [-0.2, 0) is 5.41 Å². The first-order chi connectivity index (χ1) is 14.0. The highest BCUT2D eigenvalue weighted by atomic mass is 14.5. The fraction of sp³-hybridized carbons (Fsp3) is 0.172. The number of benzene rings is 4. The number of hydrogen-bond donors (Lipinski definition) is 0. The van der Waals surface area contributed by atoms with Gasteiger partial charge in [0.1, 0.15) is 0 Å². The van der Waals surface area contributed by atoms with Crippen LogP contribution in [0.15, 0.2) is 72.8 Å². The van der Waals surface area contributed by atoms with Gasteiger partial charge in [-0.25, -0.2) is 0 Å². The molecule has 2 aliphatic carbocycles. The lowest BCUT2D eigenvalue weighted by Gasteiger charge is -2.31. The van der Waals surface area contributed by atoms with Crippen molar-refractivity contribution in [2.75, 3.05) is 0 Å². The van der Waals surface area contributed by atoms with E-state index in [-0.39, 0.29) is 5.41 Å². The molecule has 0 unspecified atom stereocenters. The summed E-state index contributed by atoms with van der Waals surface area (Å²) in [6.07, 6.45) is 0. The molecule has 0 heterocycles. The number of rotatable bonds is 0. The van der Waals surface area contributed by atoms with E-state index in [2.05, 4.69) is 100 Å². The summed E-state index contributed by atoms with van der Waals surface area (Å²) >= 11 is 0. The summed E-state index contributed by atoms with van der Waals surface area (Å²) in [5.41, 5.74) is 16.5. The second kappa shape index (κ2) is 5.48. The van der Waals surface area contributed by atoms with E-state index in [1.807, 2.05) is 0 Å². The maximum absolute atomic E-state index is 2.45. The third-order valence-corrected chi connectivity index (χ3v) is 7.32. The van der Waals surface area contributed by atoms with Crippen molar-refractivity contribution in [3.8, 4) is 22.3 Å². The van der Waals surface area contributed by atoms with Crippen molar-refractivity contribution in [1.29, 1.82) is 0 Å². The predicted molar refractivity (Wildman–Crippen MR) is 122 cm³/mol. The monoisotopic (exact) mass is 372 g/mol. The van der Waals surface area contributed by atoms with Gasteiger partial charge in [-0.15, -0.1) is 0 Å². The number of aryl methyl sites for hydroxylation is 4. The van der Waals surface area contributed by atoms with Gasteiger partial charge in [0.15, 0.2) is 0 Å². The van der Waals surface area contributed by atoms with Crippen molar-refractivity contribution in [2.45, 2.75) is 33.1 Å². The van der Waals surface area contributed by atoms with Crippen molar-refractivity contribution < 1.29 is 0 Å². The standard InChI is InChI=1S/C29H24/c1-17-13-23-24-14-18(2)20(4)16-28(24)29(27(23)15-19(17)3)25-11-7-5-9-21(25)22-10-6-8-12-26(22)29/h5-16H,1-4H3. The van der Waals surface area contributed by atoms with Gasteiger partial charge in [-0.3, -0.25) is 0 Å². The first-order valence-electron chi connectivity index (χ1n) is 10.5. The summed E-state index contributed by atoms with van der Waals surface area (Å²) in [5, 5.41) is 0. The van der Waals surface area contributed by atoms with Crippen LogP contribution in [0.2, 0.25) is 0 Å². The summed E-state index contributed by atoms with van der Waals surface area (Å²) in [6, 6.07) is 27.8. The fourth-order valence-corrected chi connectivity index (χ4v) is 5.66. The lowest BCUT2D eigenvalue weighted by molar-refractivity contribution is 0.790. The molecule has 0 saturated heterocycles. The Labute approximate surface area is 172 Å². The fourth-order valence-electron chi connectivity index (χ4n) is 5.66. The van der Waals surface area contributed by atoms with Crippen LogP contribution in [0.25, 0.3) is 22.3 Å². The van der Waals surface area contributed by atoms with Gasteiger partial charge < -0.3 is 0 Å². The molecule has 2 aliphatic rings.